The second kappa shape index (κ2) is 5.28. The summed E-state index contributed by atoms with van der Waals surface area (Å²) < 4.78 is 29.0. The van der Waals surface area contributed by atoms with E-state index < -0.39 is 28.2 Å². The molecule has 0 bridgehead atoms. The Morgan fingerprint density at radius 2 is 2.00 bits per heavy atom. The lowest BCUT2D eigenvalue weighted by Gasteiger charge is -2.11. The lowest BCUT2D eigenvalue weighted by atomic mass is 10.2. The Labute approximate surface area is 111 Å². The molecule has 2 atom stereocenters. The van der Waals surface area contributed by atoms with Crippen molar-refractivity contribution in [2.24, 2.45) is 0 Å². The largest absolute Gasteiger partial charge is 0.480 e. The van der Waals surface area contributed by atoms with Gasteiger partial charge in [0.05, 0.1) is 11.0 Å². The van der Waals surface area contributed by atoms with Gasteiger partial charge in [-0.2, -0.15) is 8.42 Å². The predicted octanol–water partition coefficient (Wildman–Crippen LogP) is 0.515. The number of hydrogen-bond acceptors (Lipinski definition) is 5. The van der Waals surface area contributed by atoms with Gasteiger partial charge in [-0.25, -0.2) is 0 Å². The topological polar surface area (TPSA) is 92.7 Å². The van der Waals surface area contributed by atoms with Crippen molar-refractivity contribution < 1.29 is 22.5 Å². The molecule has 0 aromatic heterocycles. The molecule has 1 aromatic rings. The first-order chi connectivity index (χ1) is 8.88. The van der Waals surface area contributed by atoms with Gasteiger partial charge in [-0.05, 0) is 19.1 Å². The average Bonchev–Trinajstić information content (AvgIpc) is 2.77. The number of hydrogen-bond donors (Lipinski definition) is 2. The molecule has 1 aromatic carbocycles. The molecule has 0 radical (unpaired) electrons. The highest BCUT2D eigenvalue weighted by molar-refractivity contribution is 7.86. The van der Waals surface area contributed by atoms with Gasteiger partial charge in [0, 0.05) is 13.0 Å². The molecule has 1 fully saturated rings. The maximum absolute atomic E-state index is 12.0. The molecule has 1 aliphatic heterocycles. The van der Waals surface area contributed by atoms with Crippen molar-refractivity contribution in [2.75, 3.05) is 6.54 Å². The van der Waals surface area contributed by atoms with Crippen LogP contribution in [0, 0.1) is 6.92 Å². The second-order valence-electron chi connectivity index (χ2n) is 4.52. The van der Waals surface area contributed by atoms with E-state index in [1.165, 1.54) is 12.1 Å². The molecule has 0 unspecified atom stereocenters. The minimum Gasteiger partial charge on any atom is -0.480 e. The maximum atomic E-state index is 12.0. The Morgan fingerprint density at radius 1 is 1.37 bits per heavy atom. The summed E-state index contributed by atoms with van der Waals surface area (Å²) in [5.74, 6) is -1.00. The van der Waals surface area contributed by atoms with Crippen molar-refractivity contribution in [1.82, 2.24) is 5.32 Å². The van der Waals surface area contributed by atoms with Gasteiger partial charge in [0.25, 0.3) is 10.1 Å². The van der Waals surface area contributed by atoms with E-state index in [2.05, 4.69) is 5.32 Å². The molecule has 0 amide bonds. The molecule has 2 N–H and O–H groups in total. The summed E-state index contributed by atoms with van der Waals surface area (Å²) in [4.78, 5) is 10.8. The molecule has 0 aliphatic carbocycles. The van der Waals surface area contributed by atoms with Gasteiger partial charge in [-0.3, -0.25) is 8.98 Å². The zero-order valence-corrected chi connectivity index (χ0v) is 11.2. The van der Waals surface area contributed by atoms with E-state index in [0.29, 0.717) is 0 Å². The maximum Gasteiger partial charge on any atom is 0.320 e. The molecule has 19 heavy (non-hydrogen) atoms. The third kappa shape index (κ3) is 3.31. The van der Waals surface area contributed by atoms with Crippen LogP contribution in [0.25, 0.3) is 0 Å². The van der Waals surface area contributed by atoms with Crippen LogP contribution in [0.1, 0.15) is 12.0 Å². The fraction of sp³-hybridized carbons (Fsp3) is 0.417. The summed E-state index contributed by atoms with van der Waals surface area (Å²) in [6, 6.07) is 5.56. The van der Waals surface area contributed by atoms with Crippen molar-refractivity contribution >= 4 is 16.1 Å². The Hall–Kier alpha value is -1.44. The third-order valence-electron chi connectivity index (χ3n) is 2.96. The molecule has 2 rings (SSSR count). The van der Waals surface area contributed by atoms with Gasteiger partial charge in [0.1, 0.15) is 6.04 Å². The van der Waals surface area contributed by atoms with Gasteiger partial charge >= 0.3 is 5.97 Å². The van der Waals surface area contributed by atoms with E-state index in [0.717, 1.165) is 5.56 Å². The van der Waals surface area contributed by atoms with E-state index in [9.17, 15) is 13.2 Å². The Bertz CT molecular complexity index is 566. The quantitative estimate of drug-likeness (QED) is 0.783. The molecule has 0 spiro atoms. The van der Waals surface area contributed by atoms with Crippen molar-refractivity contribution in [1.29, 1.82) is 0 Å². The number of carboxylic acid groups (broad SMARTS) is 1. The van der Waals surface area contributed by atoms with E-state index in [4.69, 9.17) is 9.29 Å². The smallest absolute Gasteiger partial charge is 0.320 e. The van der Waals surface area contributed by atoms with Gasteiger partial charge in [-0.15, -0.1) is 0 Å². The number of aliphatic carboxylic acids is 1. The molecular weight excluding hydrogens is 270 g/mol. The number of rotatable bonds is 4. The summed E-state index contributed by atoms with van der Waals surface area (Å²) in [6.07, 6.45) is -0.507. The van der Waals surface area contributed by atoms with Crippen LogP contribution in [0.2, 0.25) is 0 Å². The van der Waals surface area contributed by atoms with Gasteiger partial charge < -0.3 is 10.4 Å². The minimum atomic E-state index is -3.84. The molecular formula is C12H15NO5S. The summed E-state index contributed by atoms with van der Waals surface area (Å²) in [7, 11) is -3.84. The number of benzene rings is 1. The molecule has 104 valence electrons. The Morgan fingerprint density at radius 3 is 2.53 bits per heavy atom. The lowest BCUT2D eigenvalue weighted by molar-refractivity contribution is -0.139. The van der Waals surface area contributed by atoms with E-state index >= 15 is 0 Å². The zero-order chi connectivity index (χ0) is 14.0. The summed E-state index contributed by atoms with van der Waals surface area (Å²) in [5, 5.41) is 11.5. The minimum absolute atomic E-state index is 0.0804. The van der Waals surface area contributed by atoms with Crippen LogP contribution in [0.5, 0.6) is 0 Å². The zero-order valence-electron chi connectivity index (χ0n) is 10.4. The fourth-order valence-electron chi connectivity index (χ4n) is 1.90. The fourth-order valence-corrected chi connectivity index (χ4v) is 2.99. The summed E-state index contributed by atoms with van der Waals surface area (Å²) in [5.41, 5.74) is 0.951. The van der Waals surface area contributed by atoms with Crippen molar-refractivity contribution in [3.8, 4) is 0 Å². The molecule has 6 nitrogen and oxygen atoms in total. The SMILES string of the molecule is Cc1ccc(S(=O)(=O)O[C@H]2CN[C@H](C(=O)O)C2)cc1. The predicted molar refractivity (Wildman–Crippen MR) is 67.3 cm³/mol. The second-order valence-corrected chi connectivity index (χ2v) is 6.09. The van der Waals surface area contributed by atoms with Crippen LogP contribution in [0.15, 0.2) is 29.2 Å². The van der Waals surface area contributed by atoms with Gasteiger partial charge in [0.15, 0.2) is 0 Å². The van der Waals surface area contributed by atoms with Crippen LogP contribution < -0.4 is 5.32 Å². The normalized spacial score (nSPS) is 23.4. The monoisotopic (exact) mass is 285 g/mol. The average molecular weight is 285 g/mol. The lowest BCUT2D eigenvalue weighted by Crippen LogP contribution is -2.30. The summed E-state index contributed by atoms with van der Waals surface area (Å²) in [6.45, 7) is 2.07. The highest BCUT2D eigenvalue weighted by Crippen LogP contribution is 2.19. The first-order valence-corrected chi connectivity index (χ1v) is 7.25. The van der Waals surface area contributed by atoms with Crippen molar-refractivity contribution in [3.05, 3.63) is 29.8 Å². The molecule has 7 heteroatoms. The third-order valence-corrected chi connectivity index (χ3v) is 4.34. The highest BCUT2D eigenvalue weighted by atomic mass is 32.2. The van der Waals surface area contributed by atoms with E-state index in [-0.39, 0.29) is 17.9 Å². The number of carbonyl (C=O) groups is 1. The van der Waals surface area contributed by atoms with Crippen LogP contribution >= 0.6 is 0 Å². The first kappa shape index (κ1) is 14.0. The molecule has 0 saturated carbocycles. The molecule has 1 saturated heterocycles. The van der Waals surface area contributed by atoms with Crippen molar-refractivity contribution in [2.45, 2.75) is 30.4 Å². The Balaban J connectivity index is 2.06. The highest BCUT2D eigenvalue weighted by Gasteiger charge is 2.33. The van der Waals surface area contributed by atoms with E-state index in [1.54, 1.807) is 12.1 Å². The summed E-state index contributed by atoms with van der Waals surface area (Å²) >= 11 is 0. The molecule has 1 aliphatic rings. The number of aryl methyl sites for hydroxylation is 1. The van der Waals surface area contributed by atoms with E-state index in [1.807, 2.05) is 6.92 Å². The van der Waals surface area contributed by atoms with Gasteiger partial charge in [-0.1, -0.05) is 17.7 Å². The van der Waals surface area contributed by atoms with Gasteiger partial charge in [0.2, 0.25) is 0 Å². The van der Waals surface area contributed by atoms with Crippen molar-refractivity contribution in [3.63, 3.8) is 0 Å². The van der Waals surface area contributed by atoms with Crippen LogP contribution in [0.3, 0.4) is 0 Å². The Kier molecular flexibility index (Phi) is 3.88. The molecule has 1 heterocycles. The number of nitrogens with one attached hydrogen (secondary N) is 1. The van der Waals surface area contributed by atoms with Crippen LogP contribution in [0.4, 0.5) is 0 Å². The first-order valence-electron chi connectivity index (χ1n) is 5.84. The standard InChI is InChI=1S/C12H15NO5S/c1-8-2-4-10(5-3-8)19(16,17)18-9-6-11(12(14)15)13-7-9/h2-5,9,11,13H,6-7H2,1H3,(H,14,15)/t9-,11+/m1/s1. The number of carboxylic acids is 1. The van der Waals surface area contributed by atoms with Crippen LogP contribution in [-0.2, 0) is 19.1 Å². The van der Waals surface area contributed by atoms with Crippen LogP contribution in [-0.4, -0.2) is 38.2 Å².